The topological polar surface area (TPSA) is 90.9 Å². The van der Waals surface area contributed by atoms with Gasteiger partial charge in [-0.05, 0) is 126 Å². The molecule has 0 spiro atoms. The lowest BCUT2D eigenvalue weighted by Gasteiger charge is -2.20. The van der Waals surface area contributed by atoms with Gasteiger partial charge in [-0.25, -0.2) is 0 Å². The van der Waals surface area contributed by atoms with Crippen molar-refractivity contribution in [1.29, 1.82) is 0 Å². The highest BCUT2D eigenvalue weighted by atomic mass is 32.2. The van der Waals surface area contributed by atoms with Crippen molar-refractivity contribution in [2.75, 3.05) is 5.75 Å². The summed E-state index contributed by atoms with van der Waals surface area (Å²) in [7, 11) is 0. The number of hydrogen-bond donors (Lipinski definition) is 3. The molecule has 54 heavy (non-hydrogen) atoms. The molecule has 6 N–H and O–H groups in total. The van der Waals surface area contributed by atoms with E-state index in [1.807, 2.05) is 29.2 Å². The van der Waals surface area contributed by atoms with Crippen LogP contribution in [0.3, 0.4) is 0 Å². The van der Waals surface area contributed by atoms with Crippen molar-refractivity contribution in [2.45, 2.75) is 12.2 Å². The maximum atomic E-state index is 6.02. The van der Waals surface area contributed by atoms with E-state index in [9.17, 15) is 0 Å². The SMILES string of the molecule is C=Cc1c(C=C)c(-c2ccc(CS/C=C\N)cn2)c2ccc(-c3cc(-c4ccccc4)cc(-c4ccccc4)c3)cc2c1C/C=C\C(=C/N)CS/C=C\N. The van der Waals surface area contributed by atoms with E-state index in [2.05, 4.69) is 135 Å². The Morgan fingerprint density at radius 2 is 1.26 bits per heavy atom. The summed E-state index contributed by atoms with van der Waals surface area (Å²) in [5.74, 6) is 1.51. The first-order valence-electron chi connectivity index (χ1n) is 17.7. The summed E-state index contributed by atoms with van der Waals surface area (Å²) >= 11 is 3.24. The number of rotatable bonds is 15. The molecule has 1 heterocycles. The summed E-state index contributed by atoms with van der Waals surface area (Å²) in [5.41, 5.74) is 31.3. The molecule has 0 radical (unpaired) electrons. The minimum absolute atomic E-state index is 0.661. The van der Waals surface area contributed by atoms with Crippen LogP contribution in [0.1, 0.15) is 22.3 Å². The smallest absolute Gasteiger partial charge is 0.0714 e. The Morgan fingerprint density at radius 3 is 1.83 bits per heavy atom. The first-order chi connectivity index (χ1) is 26.6. The predicted molar refractivity (Wildman–Crippen MR) is 239 cm³/mol. The number of benzene rings is 5. The maximum Gasteiger partial charge on any atom is 0.0714 e. The molecule has 0 unspecified atom stereocenters. The Labute approximate surface area is 327 Å². The molecule has 0 saturated carbocycles. The molecule has 0 atom stereocenters. The van der Waals surface area contributed by atoms with Crippen LogP contribution in [0.2, 0.25) is 0 Å². The molecule has 6 aromatic rings. The maximum absolute atomic E-state index is 6.02. The van der Waals surface area contributed by atoms with Crippen LogP contribution >= 0.6 is 23.5 Å². The summed E-state index contributed by atoms with van der Waals surface area (Å²) in [6, 6.07) is 39.0. The second-order valence-corrected chi connectivity index (χ2v) is 14.3. The number of aromatic nitrogens is 1. The summed E-state index contributed by atoms with van der Waals surface area (Å²) in [6.45, 7) is 8.60. The molecule has 0 amide bonds. The van der Waals surface area contributed by atoms with Crippen LogP contribution in [0.4, 0.5) is 0 Å². The van der Waals surface area contributed by atoms with Gasteiger partial charge in [0.15, 0.2) is 0 Å². The minimum atomic E-state index is 0.661. The van der Waals surface area contributed by atoms with Crippen molar-refractivity contribution >= 4 is 46.4 Å². The fraction of sp³-hybridized carbons (Fsp3) is 0.0625. The summed E-state index contributed by atoms with van der Waals surface area (Å²) < 4.78 is 0. The molecule has 5 aromatic carbocycles. The highest BCUT2D eigenvalue weighted by molar-refractivity contribution is 8.02. The number of thioether (sulfide) groups is 2. The van der Waals surface area contributed by atoms with Crippen LogP contribution in [0.25, 0.3) is 67.6 Å². The van der Waals surface area contributed by atoms with Gasteiger partial charge in [-0.2, -0.15) is 0 Å². The standard InChI is InChI=1S/C48H44N4S2/c1-3-42-43(4-2)48(47-21-18-35(31-52-47)33-54-25-23-50)45-20-19-38(29-46(45)44(42)17-11-12-34(30-51)32-53-24-22-49)41-27-39(36-13-7-5-8-14-36)26-40(28-41)37-15-9-6-10-16-37/h3-16,18-31H,1-2,17,32-33,49-51H2/b12-11-,24-22-,25-23-,34-30+. The van der Waals surface area contributed by atoms with Crippen LogP contribution in [0.5, 0.6) is 0 Å². The zero-order chi connectivity index (χ0) is 37.7. The summed E-state index contributed by atoms with van der Waals surface area (Å²) in [5, 5.41) is 5.99. The van der Waals surface area contributed by atoms with Gasteiger partial charge >= 0.3 is 0 Å². The Hall–Kier alpha value is -5.95. The number of allylic oxidation sites excluding steroid dienone is 2. The van der Waals surface area contributed by atoms with Crippen LogP contribution in [-0.4, -0.2) is 10.7 Å². The molecular formula is C48H44N4S2. The van der Waals surface area contributed by atoms with Gasteiger partial charge < -0.3 is 17.2 Å². The van der Waals surface area contributed by atoms with Crippen LogP contribution in [0.15, 0.2) is 176 Å². The predicted octanol–water partition coefficient (Wildman–Crippen LogP) is 12.0. The average Bonchev–Trinajstić information content (AvgIpc) is 3.23. The van der Waals surface area contributed by atoms with E-state index >= 15 is 0 Å². The number of pyridine rings is 1. The number of fused-ring (bicyclic) bond motifs is 1. The van der Waals surface area contributed by atoms with Crippen LogP contribution < -0.4 is 17.2 Å². The lowest BCUT2D eigenvalue weighted by molar-refractivity contribution is 1.24. The normalized spacial score (nSPS) is 12.0. The van der Waals surface area contributed by atoms with Gasteiger partial charge in [0, 0.05) is 35.7 Å². The Kier molecular flexibility index (Phi) is 13.1. The fourth-order valence-electron chi connectivity index (χ4n) is 6.65. The Balaban J connectivity index is 1.56. The highest BCUT2D eigenvalue weighted by Gasteiger charge is 2.19. The van der Waals surface area contributed by atoms with Crippen molar-refractivity contribution in [3.63, 3.8) is 0 Å². The molecule has 4 nitrogen and oxygen atoms in total. The van der Waals surface area contributed by atoms with Crippen LogP contribution in [-0.2, 0) is 12.2 Å². The van der Waals surface area contributed by atoms with Gasteiger partial charge in [0.2, 0.25) is 0 Å². The van der Waals surface area contributed by atoms with Gasteiger partial charge in [0.25, 0.3) is 0 Å². The van der Waals surface area contributed by atoms with Gasteiger partial charge in [-0.15, -0.1) is 23.5 Å². The van der Waals surface area contributed by atoms with Gasteiger partial charge in [0.1, 0.15) is 0 Å². The Morgan fingerprint density at radius 1 is 0.630 bits per heavy atom. The molecule has 0 fully saturated rings. The van der Waals surface area contributed by atoms with E-state index in [4.69, 9.17) is 22.2 Å². The minimum Gasteiger partial charge on any atom is -0.404 e. The summed E-state index contributed by atoms with van der Waals surface area (Å²) in [6.07, 6.45) is 15.5. The third-order valence-corrected chi connectivity index (χ3v) is 10.9. The molecule has 0 aliphatic rings. The van der Waals surface area contributed by atoms with Crippen molar-refractivity contribution in [3.8, 4) is 44.6 Å². The molecule has 0 bridgehead atoms. The van der Waals surface area contributed by atoms with Crippen molar-refractivity contribution in [3.05, 3.63) is 198 Å². The first-order valence-corrected chi connectivity index (χ1v) is 19.8. The third kappa shape index (κ3) is 8.80. The van der Waals surface area contributed by atoms with E-state index < -0.39 is 0 Å². The molecule has 0 aliphatic heterocycles. The van der Waals surface area contributed by atoms with E-state index in [-0.39, 0.29) is 0 Å². The van der Waals surface area contributed by atoms with E-state index in [0.717, 1.165) is 83.6 Å². The largest absolute Gasteiger partial charge is 0.404 e. The fourth-order valence-corrected chi connectivity index (χ4v) is 7.81. The van der Waals surface area contributed by atoms with E-state index in [1.165, 1.54) is 11.1 Å². The second kappa shape index (κ2) is 18.7. The van der Waals surface area contributed by atoms with Gasteiger partial charge in [0.05, 0.1) is 5.69 Å². The quantitative estimate of drug-likeness (QED) is 0.0908. The average molecular weight is 741 g/mol. The van der Waals surface area contributed by atoms with Crippen molar-refractivity contribution in [1.82, 2.24) is 4.98 Å². The number of nitrogens with zero attached hydrogens (tertiary/aromatic N) is 1. The zero-order valence-electron chi connectivity index (χ0n) is 30.2. The molecule has 6 rings (SSSR count). The molecule has 0 aliphatic carbocycles. The Bertz CT molecular complexity index is 2300. The molecule has 268 valence electrons. The number of nitrogens with two attached hydrogens (primary N) is 3. The third-order valence-electron chi connectivity index (χ3n) is 9.19. The van der Waals surface area contributed by atoms with E-state index in [1.54, 1.807) is 42.1 Å². The second-order valence-electron chi connectivity index (χ2n) is 12.6. The lowest BCUT2D eigenvalue weighted by Crippen LogP contribution is -2.00. The van der Waals surface area contributed by atoms with Crippen molar-refractivity contribution in [2.24, 2.45) is 17.2 Å². The van der Waals surface area contributed by atoms with Crippen LogP contribution in [0, 0.1) is 0 Å². The first kappa shape index (κ1) is 37.8. The molecule has 0 saturated heterocycles. The monoisotopic (exact) mass is 740 g/mol. The van der Waals surface area contributed by atoms with Gasteiger partial charge in [-0.1, -0.05) is 116 Å². The molecular weight excluding hydrogens is 697 g/mol. The highest BCUT2D eigenvalue weighted by Crippen LogP contribution is 2.41. The molecule has 1 aromatic heterocycles. The van der Waals surface area contributed by atoms with E-state index in [0.29, 0.717) is 6.42 Å². The summed E-state index contributed by atoms with van der Waals surface area (Å²) in [4.78, 5) is 4.99. The lowest BCUT2D eigenvalue weighted by atomic mass is 9.84. The van der Waals surface area contributed by atoms with Crippen molar-refractivity contribution < 1.29 is 0 Å². The zero-order valence-corrected chi connectivity index (χ0v) is 31.8. The number of hydrogen-bond acceptors (Lipinski definition) is 6. The molecule has 6 heteroatoms. The van der Waals surface area contributed by atoms with Gasteiger partial charge in [-0.3, -0.25) is 4.98 Å².